The molecule has 0 saturated carbocycles. The van der Waals surface area contributed by atoms with E-state index in [1.807, 2.05) is 0 Å². The molecular weight excluding hydrogens is 402 g/mol. The second-order valence-electron chi connectivity index (χ2n) is 7.41. The third-order valence-electron chi connectivity index (χ3n) is 3.33. The maximum Gasteiger partial charge on any atom is 0.490 e. The first-order valence-corrected chi connectivity index (χ1v) is 14.6. The van der Waals surface area contributed by atoms with Gasteiger partial charge in [-0.3, -0.25) is 10.3 Å². The summed E-state index contributed by atoms with van der Waals surface area (Å²) in [5, 5.41) is 9.87. The number of carbonyl (C=O) groups excluding carboxylic acids is 1. The predicted molar refractivity (Wildman–Crippen MR) is 110 cm³/mol. The molecule has 0 aliphatic carbocycles. The molecule has 9 nitrogen and oxygen atoms in total. The average Bonchev–Trinajstić information content (AvgIpc) is 2.61. The van der Waals surface area contributed by atoms with E-state index in [2.05, 4.69) is 31.7 Å². The van der Waals surface area contributed by atoms with Crippen LogP contribution in [0.25, 0.3) is 0 Å². The van der Waals surface area contributed by atoms with Crippen LogP contribution in [0.15, 0.2) is 12.3 Å². The van der Waals surface area contributed by atoms with Gasteiger partial charge in [0.05, 0.1) is 6.61 Å². The summed E-state index contributed by atoms with van der Waals surface area (Å²) in [6, 6.07) is 0.625. The fraction of sp³-hybridized carbons (Fsp3) is 0.824. The molecular formula is C17H37NO8Si2. The maximum absolute atomic E-state index is 11.7. The number of rotatable bonds is 16. The van der Waals surface area contributed by atoms with Crippen molar-refractivity contribution in [3.63, 3.8) is 0 Å². The van der Waals surface area contributed by atoms with Gasteiger partial charge in [0.15, 0.2) is 14.4 Å². The molecule has 28 heavy (non-hydrogen) atoms. The first-order valence-electron chi connectivity index (χ1n) is 9.24. The summed E-state index contributed by atoms with van der Waals surface area (Å²) in [4.78, 5) is 16.8. The fourth-order valence-electron chi connectivity index (χ4n) is 2.08. The zero-order valence-corrected chi connectivity index (χ0v) is 20.2. The Kier molecular flexibility index (Phi) is 13.0. The first-order chi connectivity index (χ1) is 12.9. The van der Waals surface area contributed by atoms with Crippen molar-refractivity contribution >= 4 is 23.1 Å². The molecule has 0 heterocycles. The zero-order valence-electron chi connectivity index (χ0n) is 18.2. The van der Waals surface area contributed by atoms with E-state index in [4.69, 9.17) is 27.3 Å². The lowest BCUT2D eigenvalue weighted by Gasteiger charge is -2.33. The molecule has 2 N–H and O–H groups in total. The third kappa shape index (κ3) is 12.6. The Balaban J connectivity index is 4.07. The lowest BCUT2D eigenvalue weighted by Crippen LogP contribution is -2.51. The van der Waals surface area contributed by atoms with Gasteiger partial charge < -0.3 is 27.5 Å². The predicted octanol–water partition coefficient (Wildman–Crippen LogP) is 1.82. The fourth-order valence-corrected chi connectivity index (χ4v) is 8.04. The van der Waals surface area contributed by atoms with E-state index >= 15 is 0 Å². The highest BCUT2D eigenvalue weighted by atomic mass is 28.5. The molecule has 0 aliphatic rings. The van der Waals surface area contributed by atoms with Crippen LogP contribution in [0.4, 0.5) is 0 Å². The summed E-state index contributed by atoms with van der Waals surface area (Å²) in [5.41, 5.74) is 3.06. The summed E-state index contributed by atoms with van der Waals surface area (Å²) in [7, 11) is -1.29. The van der Waals surface area contributed by atoms with Crippen LogP contribution in [0.1, 0.15) is 20.3 Å². The SMILES string of the molecule is C=C(C)NOC(C)C(=O)OCC(O)COCCC[Si](OC)(OC)O[Si](C)(C)C. The van der Waals surface area contributed by atoms with Crippen LogP contribution < -0.4 is 5.48 Å². The Hall–Kier alpha value is -0.796. The minimum Gasteiger partial charge on any atom is -0.461 e. The lowest BCUT2D eigenvalue weighted by molar-refractivity contribution is -0.163. The monoisotopic (exact) mass is 439 g/mol. The molecule has 0 spiro atoms. The van der Waals surface area contributed by atoms with E-state index in [1.54, 1.807) is 21.1 Å². The van der Waals surface area contributed by atoms with Gasteiger partial charge in [0.1, 0.15) is 12.7 Å². The minimum atomic E-state index is -2.69. The molecule has 2 atom stereocenters. The maximum atomic E-state index is 11.7. The van der Waals surface area contributed by atoms with Crippen molar-refractivity contribution in [2.24, 2.45) is 0 Å². The quantitative estimate of drug-likeness (QED) is 0.161. The van der Waals surface area contributed by atoms with Crippen LogP contribution in [-0.2, 0) is 32.1 Å². The van der Waals surface area contributed by atoms with Gasteiger partial charge in [0, 0.05) is 32.6 Å². The Morgan fingerprint density at radius 3 is 2.29 bits per heavy atom. The number of carbonyl (C=O) groups is 1. The van der Waals surface area contributed by atoms with E-state index in [0.29, 0.717) is 24.8 Å². The second-order valence-corrected chi connectivity index (χ2v) is 15.1. The van der Waals surface area contributed by atoms with Gasteiger partial charge >= 0.3 is 14.8 Å². The van der Waals surface area contributed by atoms with Crippen LogP contribution >= 0.6 is 0 Å². The second kappa shape index (κ2) is 13.4. The number of nitrogens with one attached hydrogen (secondary N) is 1. The van der Waals surface area contributed by atoms with Crippen LogP contribution in [0.3, 0.4) is 0 Å². The van der Waals surface area contributed by atoms with Crippen molar-refractivity contribution in [1.29, 1.82) is 0 Å². The van der Waals surface area contributed by atoms with E-state index in [0.717, 1.165) is 0 Å². The molecule has 0 aromatic heterocycles. The van der Waals surface area contributed by atoms with Crippen LogP contribution in [0, 0.1) is 0 Å². The molecule has 0 amide bonds. The van der Waals surface area contributed by atoms with Crippen LogP contribution in [0.5, 0.6) is 0 Å². The summed E-state index contributed by atoms with van der Waals surface area (Å²) < 4.78 is 27.7. The molecule has 0 bridgehead atoms. The standard InChI is InChI=1S/C17H37NO8Si2/c1-14(2)18-25-15(3)17(20)24-13-16(19)12-23-10-9-11-28(21-4,22-5)26-27(6,7)8/h15-16,18-19H,1,9-13H2,2-8H3. The average molecular weight is 440 g/mol. The highest BCUT2D eigenvalue weighted by Crippen LogP contribution is 2.21. The molecule has 0 aromatic carbocycles. The minimum absolute atomic E-state index is 0.0515. The Labute approximate surface area is 170 Å². The van der Waals surface area contributed by atoms with Crippen molar-refractivity contribution < 1.29 is 37.2 Å². The topological polar surface area (TPSA) is 105 Å². The molecule has 0 radical (unpaired) electrons. The Bertz CT molecular complexity index is 469. The summed E-state index contributed by atoms with van der Waals surface area (Å²) in [6.07, 6.45) is -1.07. The van der Waals surface area contributed by atoms with Gasteiger partial charge in [-0.05, 0) is 39.9 Å². The zero-order chi connectivity index (χ0) is 21.8. The number of hydroxylamine groups is 1. The number of hydrogen-bond donors (Lipinski definition) is 2. The first kappa shape index (κ1) is 27.2. The smallest absolute Gasteiger partial charge is 0.461 e. The van der Waals surface area contributed by atoms with Crippen molar-refractivity contribution in [3.8, 4) is 0 Å². The van der Waals surface area contributed by atoms with E-state index in [-0.39, 0.29) is 13.2 Å². The molecule has 11 heteroatoms. The molecule has 0 rings (SSSR count). The molecule has 0 aromatic rings. The van der Waals surface area contributed by atoms with Crippen LogP contribution in [-0.4, -0.2) is 74.4 Å². The lowest BCUT2D eigenvalue weighted by atomic mass is 10.4. The van der Waals surface area contributed by atoms with Gasteiger partial charge in [-0.25, -0.2) is 4.79 Å². The van der Waals surface area contributed by atoms with Crippen LogP contribution in [0.2, 0.25) is 25.7 Å². The highest BCUT2D eigenvalue weighted by Gasteiger charge is 2.42. The van der Waals surface area contributed by atoms with E-state index in [1.165, 1.54) is 6.92 Å². The van der Waals surface area contributed by atoms with Gasteiger partial charge in [0.25, 0.3) is 0 Å². The molecule has 0 saturated heterocycles. The molecule has 2 unspecified atom stereocenters. The summed E-state index contributed by atoms with van der Waals surface area (Å²) >= 11 is 0. The van der Waals surface area contributed by atoms with Gasteiger partial charge in [0.2, 0.25) is 0 Å². The van der Waals surface area contributed by atoms with Crippen molar-refractivity contribution in [3.05, 3.63) is 12.3 Å². The normalized spacial score (nSPS) is 14.4. The van der Waals surface area contributed by atoms with Crippen molar-refractivity contribution in [2.45, 2.75) is 58.2 Å². The number of esters is 1. The third-order valence-corrected chi connectivity index (χ3v) is 9.23. The number of hydrogen-bond acceptors (Lipinski definition) is 9. The van der Waals surface area contributed by atoms with E-state index < -0.39 is 35.3 Å². The Morgan fingerprint density at radius 2 is 1.79 bits per heavy atom. The largest absolute Gasteiger partial charge is 0.490 e. The number of aliphatic hydroxyl groups excluding tert-OH is 1. The van der Waals surface area contributed by atoms with Gasteiger partial charge in [-0.2, -0.15) is 0 Å². The number of ether oxygens (including phenoxy) is 2. The van der Waals surface area contributed by atoms with Gasteiger partial charge in [-0.15, -0.1) is 0 Å². The number of allylic oxidation sites excluding steroid dienone is 1. The number of aliphatic hydroxyl groups is 1. The molecule has 0 fully saturated rings. The van der Waals surface area contributed by atoms with Crippen molar-refractivity contribution in [2.75, 3.05) is 34.0 Å². The molecule has 0 aliphatic heterocycles. The molecule has 166 valence electrons. The summed E-state index contributed by atoms with van der Waals surface area (Å²) in [6.45, 7) is 13.4. The van der Waals surface area contributed by atoms with Crippen molar-refractivity contribution in [1.82, 2.24) is 5.48 Å². The summed E-state index contributed by atoms with van der Waals surface area (Å²) in [5.74, 6) is -0.590. The van der Waals surface area contributed by atoms with Gasteiger partial charge in [-0.1, -0.05) is 6.58 Å². The van der Waals surface area contributed by atoms with E-state index in [9.17, 15) is 9.90 Å². The highest BCUT2D eigenvalue weighted by molar-refractivity contribution is 6.79. The Morgan fingerprint density at radius 1 is 1.18 bits per heavy atom.